The van der Waals surface area contributed by atoms with E-state index < -0.39 is 5.97 Å². The van der Waals surface area contributed by atoms with Crippen LogP contribution in [-0.2, 0) is 6.54 Å². The van der Waals surface area contributed by atoms with Gasteiger partial charge in [-0.05, 0) is 12.8 Å². The Kier molecular flexibility index (Phi) is 3.19. The number of hydrogen-bond donors (Lipinski definition) is 2. The highest BCUT2D eigenvalue weighted by Gasteiger charge is 2.28. The van der Waals surface area contributed by atoms with Gasteiger partial charge in [-0.2, -0.15) is 0 Å². The molecule has 0 bridgehead atoms. The molecule has 88 valence electrons. The van der Waals surface area contributed by atoms with Crippen LogP contribution in [0.15, 0.2) is 0 Å². The van der Waals surface area contributed by atoms with E-state index in [1.807, 2.05) is 0 Å². The molecule has 0 saturated heterocycles. The van der Waals surface area contributed by atoms with E-state index in [9.17, 15) is 4.79 Å². The van der Waals surface area contributed by atoms with Crippen molar-refractivity contribution in [3.8, 4) is 0 Å². The Bertz CT molecular complexity index is 383. The molecule has 1 saturated carbocycles. The summed E-state index contributed by atoms with van der Waals surface area (Å²) >= 11 is 0. The number of aromatic nitrogens is 3. The van der Waals surface area contributed by atoms with Gasteiger partial charge in [0.25, 0.3) is 0 Å². The number of aliphatic hydroxyl groups excluding tert-OH is 1. The fraction of sp³-hybridized carbons (Fsp3) is 0.700. The van der Waals surface area contributed by atoms with Gasteiger partial charge in [0, 0.05) is 5.92 Å². The lowest BCUT2D eigenvalue weighted by molar-refractivity contribution is 0.0688. The monoisotopic (exact) mass is 225 g/mol. The lowest BCUT2D eigenvalue weighted by atomic mass is 10.0. The number of hydrogen-bond acceptors (Lipinski definition) is 4. The molecule has 0 atom stereocenters. The maximum atomic E-state index is 11.0. The first-order valence-corrected chi connectivity index (χ1v) is 5.51. The van der Waals surface area contributed by atoms with Gasteiger partial charge >= 0.3 is 5.97 Å². The molecule has 0 amide bonds. The first-order chi connectivity index (χ1) is 7.74. The van der Waals surface area contributed by atoms with Crippen LogP contribution in [0.1, 0.15) is 47.8 Å². The van der Waals surface area contributed by atoms with Crippen molar-refractivity contribution in [2.24, 2.45) is 0 Å². The molecular formula is C10H15N3O3. The first kappa shape index (κ1) is 11.1. The molecule has 2 N–H and O–H groups in total. The Morgan fingerprint density at radius 2 is 2.12 bits per heavy atom. The van der Waals surface area contributed by atoms with Crippen molar-refractivity contribution < 1.29 is 15.0 Å². The lowest BCUT2D eigenvalue weighted by Crippen LogP contribution is -2.13. The van der Waals surface area contributed by atoms with Gasteiger partial charge in [0.1, 0.15) is 0 Å². The number of carboxylic acids is 1. The zero-order chi connectivity index (χ0) is 11.5. The Morgan fingerprint density at radius 1 is 1.44 bits per heavy atom. The summed E-state index contributed by atoms with van der Waals surface area (Å²) in [4.78, 5) is 11.0. The van der Waals surface area contributed by atoms with E-state index in [4.69, 9.17) is 10.2 Å². The number of aromatic carboxylic acids is 1. The molecule has 1 heterocycles. The van der Waals surface area contributed by atoms with Crippen LogP contribution < -0.4 is 0 Å². The Balaban J connectivity index is 2.35. The van der Waals surface area contributed by atoms with Crippen LogP contribution in [0.4, 0.5) is 0 Å². The van der Waals surface area contributed by atoms with E-state index in [1.54, 1.807) is 0 Å². The zero-order valence-electron chi connectivity index (χ0n) is 8.96. The highest BCUT2D eigenvalue weighted by molar-refractivity contribution is 5.86. The number of nitrogens with zero attached hydrogens (tertiary/aromatic N) is 3. The summed E-state index contributed by atoms with van der Waals surface area (Å²) in [7, 11) is 0. The summed E-state index contributed by atoms with van der Waals surface area (Å²) in [6.45, 7) is 0.258. The van der Waals surface area contributed by atoms with Gasteiger partial charge in [0.05, 0.1) is 18.8 Å². The molecule has 0 aromatic carbocycles. The van der Waals surface area contributed by atoms with Gasteiger partial charge in [-0.3, -0.25) is 0 Å². The fourth-order valence-corrected chi connectivity index (χ4v) is 2.34. The largest absolute Gasteiger partial charge is 0.476 e. The predicted octanol–water partition coefficient (Wildman–Crippen LogP) is 0.626. The van der Waals surface area contributed by atoms with Crippen LogP contribution >= 0.6 is 0 Å². The van der Waals surface area contributed by atoms with Gasteiger partial charge in [0.2, 0.25) is 0 Å². The first-order valence-electron chi connectivity index (χ1n) is 5.51. The van der Waals surface area contributed by atoms with Gasteiger partial charge in [-0.1, -0.05) is 18.1 Å². The van der Waals surface area contributed by atoms with Crippen molar-refractivity contribution in [2.45, 2.75) is 38.1 Å². The van der Waals surface area contributed by atoms with Crippen molar-refractivity contribution in [2.75, 3.05) is 6.61 Å². The van der Waals surface area contributed by atoms with Crippen LogP contribution in [0.25, 0.3) is 0 Å². The molecule has 1 fully saturated rings. The summed E-state index contributed by atoms with van der Waals surface area (Å²) < 4.78 is 1.53. The van der Waals surface area contributed by atoms with Crippen molar-refractivity contribution in [3.05, 3.63) is 11.4 Å². The SMILES string of the molecule is O=C(O)c1nnn(CCO)c1C1CCCC1. The van der Waals surface area contributed by atoms with E-state index in [1.165, 1.54) is 4.68 Å². The molecule has 1 aliphatic carbocycles. The third-order valence-corrected chi connectivity index (χ3v) is 3.03. The molecule has 6 nitrogen and oxygen atoms in total. The van der Waals surface area contributed by atoms with Crippen LogP contribution in [0.2, 0.25) is 0 Å². The Morgan fingerprint density at radius 3 is 2.69 bits per heavy atom. The zero-order valence-corrected chi connectivity index (χ0v) is 8.96. The van der Waals surface area contributed by atoms with Crippen molar-refractivity contribution in [1.29, 1.82) is 0 Å². The summed E-state index contributed by atoms with van der Waals surface area (Å²) in [5, 5.41) is 25.4. The smallest absolute Gasteiger partial charge is 0.358 e. The summed E-state index contributed by atoms with van der Waals surface area (Å²) in [6.07, 6.45) is 4.21. The second-order valence-corrected chi connectivity index (χ2v) is 4.06. The Hall–Kier alpha value is -1.43. The van der Waals surface area contributed by atoms with E-state index >= 15 is 0 Å². The third-order valence-electron chi connectivity index (χ3n) is 3.03. The van der Waals surface area contributed by atoms with Crippen molar-refractivity contribution in [1.82, 2.24) is 15.0 Å². The standard InChI is InChI=1S/C10H15N3O3/c14-6-5-13-9(7-3-1-2-4-7)8(10(15)16)11-12-13/h7,14H,1-6H2,(H,15,16). The molecule has 0 radical (unpaired) electrons. The van der Waals surface area contributed by atoms with E-state index in [-0.39, 0.29) is 18.2 Å². The molecule has 1 aromatic heterocycles. The van der Waals surface area contributed by atoms with Crippen LogP contribution in [0, 0.1) is 0 Å². The van der Waals surface area contributed by atoms with E-state index in [0.717, 1.165) is 25.7 Å². The van der Waals surface area contributed by atoms with Gasteiger partial charge in [-0.15, -0.1) is 5.10 Å². The second kappa shape index (κ2) is 4.61. The fourth-order valence-electron chi connectivity index (χ4n) is 2.34. The van der Waals surface area contributed by atoms with Gasteiger partial charge in [-0.25, -0.2) is 9.48 Å². The summed E-state index contributed by atoms with van der Waals surface area (Å²) in [5.41, 5.74) is 0.722. The summed E-state index contributed by atoms with van der Waals surface area (Å²) in [5.74, 6) is -0.807. The lowest BCUT2D eigenvalue weighted by Gasteiger charge is -2.11. The topological polar surface area (TPSA) is 88.2 Å². The average Bonchev–Trinajstić information content (AvgIpc) is 2.84. The number of carboxylic acid groups (broad SMARTS) is 1. The normalized spacial score (nSPS) is 16.8. The highest BCUT2D eigenvalue weighted by Crippen LogP contribution is 2.35. The molecule has 6 heteroatoms. The quantitative estimate of drug-likeness (QED) is 0.784. The maximum Gasteiger partial charge on any atom is 0.358 e. The average molecular weight is 225 g/mol. The van der Waals surface area contributed by atoms with Crippen LogP contribution in [0.3, 0.4) is 0 Å². The molecule has 0 unspecified atom stereocenters. The number of rotatable bonds is 4. The second-order valence-electron chi connectivity index (χ2n) is 4.06. The van der Waals surface area contributed by atoms with Crippen LogP contribution in [0.5, 0.6) is 0 Å². The van der Waals surface area contributed by atoms with Crippen LogP contribution in [-0.4, -0.2) is 37.8 Å². The van der Waals surface area contributed by atoms with Gasteiger partial charge in [0.15, 0.2) is 5.69 Å². The maximum absolute atomic E-state index is 11.0. The molecule has 0 spiro atoms. The Labute approximate surface area is 92.9 Å². The summed E-state index contributed by atoms with van der Waals surface area (Å²) in [6, 6.07) is 0. The molecular weight excluding hydrogens is 210 g/mol. The predicted molar refractivity (Wildman–Crippen MR) is 55.3 cm³/mol. The molecule has 16 heavy (non-hydrogen) atoms. The van der Waals surface area contributed by atoms with Crippen molar-refractivity contribution in [3.63, 3.8) is 0 Å². The number of aliphatic hydroxyl groups is 1. The van der Waals surface area contributed by atoms with Crippen molar-refractivity contribution >= 4 is 5.97 Å². The minimum Gasteiger partial charge on any atom is -0.476 e. The van der Waals surface area contributed by atoms with Gasteiger partial charge < -0.3 is 10.2 Å². The minimum atomic E-state index is -1.04. The molecule has 2 rings (SSSR count). The molecule has 1 aliphatic rings. The van der Waals surface area contributed by atoms with E-state index in [0.29, 0.717) is 12.2 Å². The molecule has 1 aromatic rings. The molecule has 0 aliphatic heterocycles. The number of carbonyl (C=O) groups is 1. The highest BCUT2D eigenvalue weighted by atomic mass is 16.4. The third kappa shape index (κ3) is 1.92. The van der Waals surface area contributed by atoms with E-state index in [2.05, 4.69) is 10.3 Å². The minimum absolute atomic E-state index is 0.0420.